The Hall–Kier alpha value is -1.16. The van der Waals surface area contributed by atoms with Gasteiger partial charge in [0.2, 0.25) is 0 Å². The molecule has 0 bridgehead atoms. The number of benzene rings is 1. The van der Waals surface area contributed by atoms with Crippen molar-refractivity contribution in [2.75, 3.05) is 12.4 Å². The van der Waals surface area contributed by atoms with Crippen molar-refractivity contribution < 1.29 is 4.74 Å². The summed E-state index contributed by atoms with van der Waals surface area (Å²) in [6.45, 7) is 0.370. The van der Waals surface area contributed by atoms with Gasteiger partial charge in [-0.05, 0) is 23.8 Å². The molecular weight excluding hydrogens is 307 g/mol. The molecule has 0 aliphatic carbocycles. The Morgan fingerprint density at radius 2 is 1.84 bits per heavy atom. The molecule has 2 aromatic rings. The molecule has 100 valence electrons. The fraction of sp³-hybridized carbons (Fsp3) is 0.154. The van der Waals surface area contributed by atoms with Gasteiger partial charge >= 0.3 is 0 Å². The van der Waals surface area contributed by atoms with Gasteiger partial charge in [0.25, 0.3) is 0 Å². The number of nitrogens with one attached hydrogen (secondary N) is 1. The minimum atomic E-state index is 0.370. The van der Waals surface area contributed by atoms with Crippen molar-refractivity contribution in [1.29, 1.82) is 0 Å². The molecule has 1 N–H and O–H groups in total. The third-order valence-corrected chi connectivity index (χ3v) is 3.47. The first-order valence-electron chi connectivity index (χ1n) is 5.50. The predicted molar refractivity (Wildman–Crippen MR) is 79.6 cm³/mol. The van der Waals surface area contributed by atoms with Gasteiger partial charge in [-0.25, -0.2) is 4.98 Å². The third-order valence-electron chi connectivity index (χ3n) is 2.45. The molecule has 0 atom stereocenters. The molecule has 0 unspecified atom stereocenters. The van der Waals surface area contributed by atoms with Crippen molar-refractivity contribution in [2.24, 2.45) is 0 Å². The van der Waals surface area contributed by atoms with Gasteiger partial charge in [0.1, 0.15) is 18.2 Å². The van der Waals surface area contributed by atoms with E-state index >= 15 is 0 Å². The summed E-state index contributed by atoms with van der Waals surface area (Å²) in [5.41, 5.74) is 0.974. The molecule has 0 saturated carbocycles. The molecule has 0 fully saturated rings. The Morgan fingerprint density at radius 3 is 2.58 bits per heavy atom. The lowest BCUT2D eigenvalue weighted by molar-refractivity contribution is 0.306. The molecule has 3 nitrogen and oxygen atoms in total. The standard InChI is InChI=1S/C13H11Cl3N2O/c1-17-13-4-8(2-3-18-13)7-19-12-6-10(15)9(14)5-11(12)16/h2-6H,7H2,1H3,(H,17,18). The number of halogens is 3. The summed E-state index contributed by atoms with van der Waals surface area (Å²) in [6.07, 6.45) is 1.71. The van der Waals surface area contributed by atoms with Crippen LogP contribution in [0.15, 0.2) is 30.5 Å². The Kier molecular flexibility index (Phi) is 4.75. The van der Waals surface area contributed by atoms with Crippen LogP contribution in [0.25, 0.3) is 0 Å². The summed E-state index contributed by atoms with van der Waals surface area (Å²) in [7, 11) is 1.81. The molecule has 1 aromatic heterocycles. The average Bonchev–Trinajstić information content (AvgIpc) is 2.41. The molecule has 2 rings (SSSR count). The monoisotopic (exact) mass is 316 g/mol. The van der Waals surface area contributed by atoms with E-state index in [-0.39, 0.29) is 0 Å². The van der Waals surface area contributed by atoms with Crippen molar-refractivity contribution in [1.82, 2.24) is 4.98 Å². The second kappa shape index (κ2) is 6.33. The number of pyridine rings is 1. The van der Waals surface area contributed by atoms with Crippen molar-refractivity contribution in [2.45, 2.75) is 6.61 Å². The molecule has 19 heavy (non-hydrogen) atoms. The van der Waals surface area contributed by atoms with Crippen molar-refractivity contribution in [3.05, 3.63) is 51.1 Å². The van der Waals surface area contributed by atoms with E-state index in [1.807, 2.05) is 19.2 Å². The summed E-state index contributed by atoms with van der Waals surface area (Å²) in [5, 5.41) is 4.20. The first-order valence-corrected chi connectivity index (χ1v) is 6.63. The molecule has 0 spiro atoms. The zero-order valence-corrected chi connectivity index (χ0v) is 12.4. The van der Waals surface area contributed by atoms with Gasteiger partial charge in [0, 0.05) is 19.3 Å². The average molecular weight is 318 g/mol. The van der Waals surface area contributed by atoms with Crippen molar-refractivity contribution >= 4 is 40.6 Å². The molecular formula is C13H11Cl3N2O. The largest absolute Gasteiger partial charge is 0.487 e. The summed E-state index contributed by atoms with van der Waals surface area (Å²) in [5.74, 6) is 1.28. The number of aromatic nitrogens is 1. The third kappa shape index (κ3) is 3.66. The highest BCUT2D eigenvalue weighted by atomic mass is 35.5. The fourth-order valence-electron chi connectivity index (χ4n) is 1.48. The lowest BCUT2D eigenvalue weighted by atomic mass is 10.3. The van der Waals surface area contributed by atoms with Crippen LogP contribution in [0.1, 0.15) is 5.56 Å². The van der Waals surface area contributed by atoms with Crippen LogP contribution < -0.4 is 10.1 Å². The molecule has 1 aromatic carbocycles. The van der Waals surface area contributed by atoms with E-state index in [1.165, 1.54) is 0 Å². The van der Waals surface area contributed by atoms with E-state index in [1.54, 1.807) is 18.3 Å². The van der Waals surface area contributed by atoms with Crippen LogP contribution in [-0.4, -0.2) is 12.0 Å². The van der Waals surface area contributed by atoms with Crippen LogP contribution in [-0.2, 0) is 6.61 Å². The molecule has 6 heteroatoms. The van der Waals surface area contributed by atoms with E-state index in [0.717, 1.165) is 11.4 Å². The van der Waals surface area contributed by atoms with Crippen molar-refractivity contribution in [3.8, 4) is 5.75 Å². The maximum Gasteiger partial charge on any atom is 0.139 e. The van der Waals surface area contributed by atoms with E-state index in [0.29, 0.717) is 27.4 Å². The Labute approximate surface area is 126 Å². The number of ether oxygens (including phenoxy) is 1. The second-order valence-electron chi connectivity index (χ2n) is 3.78. The van der Waals surface area contributed by atoms with Gasteiger partial charge in [0.15, 0.2) is 0 Å². The minimum absolute atomic E-state index is 0.370. The normalized spacial score (nSPS) is 10.3. The molecule has 0 amide bonds. The topological polar surface area (TPSA) is 34.1 Å². The Bertz CT molecular complexity index is 590. The van der Waals surface area contributed by atoms with Gasteiger partial charge in [-0.2, -0.15) is 0 Å². The zero-order chi connectivity index (χ0) is 13.8. The first-order chi connectivity index (χ1) is 9.10. The second-order valence-corrected chi connectivity index (χ2v) is 5.01. The predicted octanol–water partition coefficient (Wildman–Crippen LogP) is 4.66. The minimum Gasteiger partial charge on any atom is -0.487 e. The highest BCUT2D eigenvalue weighted by Gasteiger charge is 2.07. The summed E-state index contributed by atoms with van der Waals surface area (Å²) in [4.78, 5) is 4.12. The lowest BCUT2D eigenvalue weighted by Crippen LogP contribution is -1.99. The maximum atomic E-state index is 6.03. The van der Waals surface area contributed by atoms with Crippen LogP contribution in [0.4, 0.5) is 5.82 Å². The zero-order valence-electron chi connectivity index (χ0n) is 10.1. The van der Waals surface area contributed by atoms with Gasteiger partial charge < -0.3 is 10.1 Å². The summed E-state index contributed by atoms with van der Waals surface area (Å²) < 4.78 is 5.63. The highest BCUT2D eigenvalue weighted by Crippen LogP contribution is 2.34. The van der Waals surface area contributed by atoms with E-state index in [2.05, 4.69) is 10.3 Å². The van der Waals surface area contributed by atoms with Crippen LogP contribution in [0.3, 0.4) is 0 Å². The van der Waals surface area contributed by atoms with E-state index < -0.39 is 0 Å². The van der Waals surface area contributed by atoms with Gasteiger partial charge in [0.05, 0.1) is 15.1 Å². The Balaban J connectivity index is 2.12. The first kappa shape index (κ1) is 14.3. The molecule has 0 aliphatic rings. The highest BCUT2D eigenvalue weighted by molar-refractivity contribution is 6.43. The number of hydrogen-bond acceptors (Lipinski definition) is 3. The van der Waals surface area contributed by atoms with Crippen molar-refractivity contribution in [3.63, 3.8) is 0 Å². The van der Waals surface area contributed by atoms with Gasteiger partial charge in [-0.3, -0.25) is 0 Å². The van der Waals surface area contributed by atoms with E-state index in [4.69, 9.17) is 39.5 Å². The van der Waals surface area contributed by atoms with Gasteiger partial charge in [-0.1, -0.05) is 34.8 Å². The Morgan fingerprint density at radius 1 is 1.11 bits per heavy atom. The number of nitrogens with zero attached hydrogens (tertiary/aromatic N) is 1. The van der Waals surface area contributed by atoms with E-state index in [9.17, 15) is 0 Å². The molecule has 1 heterocycles. The quantitative estimate of drug-likeness (QED) is 0.833. The number of hydrogen-bond donors (Lipinski definition) is 1. The molecule has 0 radical (unpaired) electrons. The number of anilines is 1. The molecule has 0 saturated heterocycles. The van der Waals surface area contributed by atoms with Crippen LogP contribution in [0.5, 0.6) is 5.75 Å². The smallest absolute Gasteiger partial charge is 0.139 e. The molecule has 0 aliphatic heterocycles. The maximum absolute atomic E-state index is 6.03. The SMILES string of the molecule is CNc1cc(COc2cc(Cl)c(Cl)cc2Cl)ccn1. The number of rotatable bonds is 4. The van der Waals surface area contributed by atoms with Crippen LogP contribution in [0.2, 0.25) is 15.1 Å². The summed E-state index contributed by atoms with van der Waals surface area (Å²) in [6, 6.07) is 6.93. The fourth-order valence-corrected chi connectivity index (χ4v) is 2.07. The van der Waals surface area contributed by atoms with Gasteiger partial charge in [-0.15, -0.1) is 0 Å². The van der Waals surface area contributed by atoms with Crippen LogP contribution >= 0.6 is 34.8 Å². The summed E-state index contributed by atoms with van der Waals surface area (Å²) >= 11 is 17.8. The van der Waals surface area contributed by atoms with Crippen LogP contribution in [0, 0.1) is 0 Å². The lowest BCUT2D eigenvalue weighted by Gasteiger charge is -2.10.